The summed E-state index contributed by atoms with van der Waals surface area (Å²) in [6, 6.07) is 10.5. The molecule has 25 heavy (non-hydrogen) atoms. The molecule has 6 nitrogen and oxygen atoms in total. The van der Waals surface area contributed by atoms with Crippen molar-refractivity contribution in [1.29, 1.82) is 0 Å². The van der Waals surface area contributed by atoms with Crippen molar-refractivity contribution >= 4 is 23.2 Å². The third kappa shape index (κ3) is 3.87. The summed E-state index contributed by atoms with van der Waals surface area (Å²) in [5.41, 5.74) is 3.43. The fourth-order valence-corrected chi connectivity index (χ4v) is 2.76. The number of carboxylic acids is 1. The molecule has 3 aromatic rings. The van der Waals surface area contributed by atoms with Gasteiger partial charge in [0.25, 0.3) is 0 Å². The van der Waals surface area contributed by atoms with Crippen LogP contribution in [-0.2, 0) is 24.4 Å². The summed E-state index contributed by atoms with van der Waals surface area (Å²) in [4.78, 5) is 24.9. The van der Waals surface area contributed by atoms with Crippen LogP contribution in [0.1, 0.15) is 27.0 Å². The van der Waals surface area contributed by atoms with Gasteiger partial charge in [0.2, 0.25) is 0 Å². The molecule has 0 saturated carbocycles. The minimum absolute atomic E-state index is 0.0648. The van der Waals surface area contributed by atoms with Crippen molar-refractivity contribution in [2.24, 2.45) is 0 Å². The number of benzene rings is 2. The molecule has 3 rings (SSSR count). The van der Waals surface area contributed by atoms with Crippen molar-refractivity contribution in [3.8, 4) is 5.75 Å². The van der Waals surface area contributed by atoms with Gasteiger partial charge in [-0.1, -0.05) is 6.07 Å². The first-order chi connectivity index (χ1) is 12.1. The van der Waals surface area contributed by atoms with Crippen molar-refractivity contribution in [3.63, 3.8) is 0 Å². The van der Waals surface area contributed by atoms with Crippen molar-refractivity contribution in [2.75, 3.05) is 0 Å². The molecule has 0 aliphatic carbocycles. The number of H-pyrrole nitrogens is 1. The van der Waals surface area contributed by atoms with Crippen molar-refractivity contribution in [2.45, 2.75) is 19.6 Å². The van der Waals surface area contributed by atoms with Gasteiger partial charge in [0, 0.05) is 22.7 Å². The van der Waals surface area contributed by atoms with Crippen LogP contribution in [0.15, 0.2) is 42.6 Å². The second kappa shape index (κ2) is 7.19. The number of fused-ring (bicyclic) bond motifs is 1. The summed E-state index contributed by atoms with van der Waals surface area (Å²) in [6.45, 7) is 0.0847. The molecule has 0 atom stereocenters. The number of hydrogen-bond donors (Lipinski definition) is 3. The molecule has 1 aromatic heterocycles. The zero-order valence-corrected chi connectivity index (χ0v) is 13.4. The van der Waals surface area contributed by atoms with E-state index in [0.29, 0.717) is 22.4 Å². The Hall–Kier alpha value is -3.12. The van der Waals surface area contributed by atoms with E-state index in [4.69, 9.17) is 9.84 Å². The fraction of sp³-hybridized carbons (Fsp3) is 0.158. The van der Waals surface area contributed by atoms with E-state index in [2.05, 4.69) is 4.98 Å². The van der Waals surface area contributed by atoms with E-state index < -0.39 is 5.97 Å². The molecular weight excluding hydrogens is 322 g/mol. The van der Waals surface area contributed by atoms with Crippen LogP contribution < -0.4 is 4.74 Å². The minimum atomic E-state index is -0.894. The quantitative estimate of drug-likeness (QED) is 0.575. The first kappa shape index (κ1) is 16.7. The molecule has 0 aliphatic rings. The van der Waals surface area contributed by atoms with Crippen LogP contribution in [0, 0.1) is 0 Å². The highest BCUT2D eigenvalue weighted by Crippen LogP contribution is 2.25. The molecule has 0 unspecified atom stereocenters. The molecule has 1 heterocycles. The van der Waals surface area contributed by atoms with Crippen molar-refractivity contribution < 1.29 is 24.5 Å². The van der Waals surface area contributed by atoms with Gasteiger partial charge < -0.3 is 19.9 Å². The van der Waals surface area contributed by atoms with Crippen LogP contribution in [0.25, 0.3) is 10.9 Å². The molecule has 0 radical (unpaired) electrons. The Balaban J connectivity index is 1.81. The molecule has 6 heteroatoms. The zero-order valence-electron chi connectivity index (χ0n) is 13.4. The molecular formula is C19H17NO5. The number of aromatic amines is 1. The number of aromatic nitrogens is 1. The number of rotatable bonds is 7. The van der Waals surface area contributed by atoms with E-state index in [0.717, 1.165) is 22.8 Å². The topological polar surface area (TPSA) is 99.6 Å². The molecule has 2 aromatic carbocycles. The van der Waals surface area contributed by atoms with Gasteiger partial charge in [-0.15, -0.1) is 0 Å². The fourth-order valence-electron chi connectivity index (χ4n) is 2.76. The number of aliphatic hydroxyl groups is 1. The summed E-state index contributed by atoms with van der Waals surface area (Å²) in [7, 11) is 0. The van der Waals surface area contributed by atoms with Crippen LogP contribution in [0.4, 0.5) is 0 Å². The summed E-state index contributed by atoms with van der Waals surface area (Å²) in [6.07, 6.45) is 2.35. The number of ether oxygens (including phenoxy) is 1. The smallest absolute Gasteiger partial charge is 0.307 e. The van der Waals surface area contributed by atoms with Gasteiger partial charge in [0.15, 0.2) is 0 Å². The van der Waals surface area contributed by atoms with Gasteiger partial charge in [-0.3, -0.25) is 9.59 Å². The van der Waals surface area contributed by atoms with Gasteiger partial charge in [0.1, 0.15) is 18.6 Å². The average molecular weight is 339 g/mol. The highest BCUT2D eigenvalue weighted by atomic mass is 16.5. The number of carboxylic acid groups (broad SMARTS) is 1. The number of aldehydes is 1. The first-order valence-electron chi connectivity index (χ1n) is 7.72. The van der Waals surface area contributed by atoms with Crippen LogP contribution in [0.2, 0.25) is 0 Å². The number of carbonyl (C=O) groups is 2. The van der Waals surface area contributed by atoms with E-state index >= 15 is 0 Å². The minimum Gasteiger partial charge on any atom is -0.489 e. The number of aliphatic carboxylic acids is 1. The lowest BCUT2D eigenvalue weighted by molar-refractivity contribution is -0.136. The first-order valence-corrected chi connectivity index (χ1v) is 7.72. The highest BCUT2D eigenvalue weighted by Gasteiger charge is 2.09. The van der Waals surface area contributed by atoms with E-state index in [9.17, 15) is 14.7 Å². The number of nitrogens with one attached hydrogen (secondary N) is 1. The van der Waals surface area contributed by atoms with Gasteiger partial charge in [-0.05, 0) is 47.0 Å². The summed E-state index contributed by atoms with van der Waals surface area (Å²) >= 11 is 0. The zero-order chi connectivity index (χ0) is 17.8. The largest absolute Gasteiger partial charge is 0.489 e. The summed E-state index contributed by atoms with van der Waals surface area (Å²) in [5, 5.41) is 19.0. The Labute approximate surface area is 143 Å². The molecule has 0 bridgehead atoms. The van der Waals surface area contributed by atoms with E-state index in [1.165, 1.54) is 0 Å². The van der Waals surface area contributed by atoms with Crippen LogP contribution in [0.3, 0.4) is 0 Å². The Morgan fingerprint density at radius 1 is 1.16 bits per heavy atom. The number of aliphatic hydroxyl groups excluding tert-OH is 1. The molecule has 0 spiro atoms. The number of carbonyl (C=O) groups excluding carboxylic acids is 1. The van der Waals surface area contributed by atoms with E-state index in [-0.39, 0.29) is 19.6 Å². The summed E-state index contributed by atoms with van der Waals surface area (Å²) < 4.78 is 5.77. The Kier molecular flexibility index (Phi) is 4.81. The summed E-state index contributed by atoms with van der Waals surface area (Å²) in [5.74, 6) is -0.296. The second-order valence-corrected chi connectivity index (χ2v) is 5.74. The lowest BCUT2D eigenvalue weighted by Crippen LogP contribution is -2.00. The maximum absolute atomic E-state index is 11.0. The van der Waals surface area contributed by atoms with Crippen LogP contribution >= 0.6 is 0 Å². The number of hydrogen-bond acceptors (Lipinski definition) is 4. The van der Waals surface area contributed by atoms with Crippen molar-refractivity contribution in [3.05, 3.63) is 64.8 Å². The molecule has 3 N–H and O–H groups in total. The molecule has 0 amide bonds. The maximum Gasteiger partial charge on any atom is 0.307 e. The van der Waals surface area contributed by atoms with Gasteiger partial charge in [-0.2, -0.15) is 0 Å². The van der Waals surface area contributed by atoms with Crippen LogP contribution in [-0.4, -0.2) is 27.5 Å². The normalized spacial score (nSPS) is 10.8. The van der Waals surface area contributed by atoms with E-state index in [1.54, 1.807) is 36.5 Å². The highest BCUT2D eigenvalue weighted by molar-refractivity contribution is 5.88. The van der Waals surface area contributed by atoms with E-state index in [1.807, 2.05) is 6.07 Å². The molecule has 0 aliphatic heterocycles. The monoisotopic (exact) mass is 339 g/mol. The van der Waals surface area contributed by atoms with Gasteiger partial charge in [-0.25, -0.2) is 0 Å². The predicted molar refractivity (Wildman–Crippen MR) is 91.7 cm³/mol. The Bertz CT molecular complexity index is 929. The molecule has 0 saturated heterocycles. The lowest BCUT2D eigenvalue weighted by Gasteiger charge is -2.09. The third-order valence-corrected chi connectivity index (χ3v) is 3.88. The molecule has 0 fully saturated rings. The van der Waals surface area contributed by atoms with Crippen molar-refractivity contribution in [1.82, 2.24) is 4.98 Å². The van der Waals surface area contributed by atoms with Gasteiger partial charge >= 0.3 is 5.97 Å². The maximum atomic E-state index is 11.0. The van der Waals surface area contributed by atoms with Crippen LogP contribution in [0.5, 0.6) is 5.75 Å². The van der Waals surface area contributed by atoms with Gasteiger partial charge in [0.05, 0.1) is 13.0 Å². The Morgan fingerprint density at radius 2 is 1.96 bits per heavy atom. The SMILES string of the molecule is O=Cc1cc(CO)cc(COc2ccc3[nH]cc(CC(=O)O)c3c2)c1. The molecule has 128 valence electrons. The lowest BCUT2D eigenvalue weighted by atomic mass is 10.1. The standard InChI is InChI=1S/C19H17NO5/c21-9-12-3-13(10-22)5-14(4-12)11-25-16-1-2-18-17(7-16)15(8-20-18)6-19(23)24/h1-5,7-9,20,22H,6,10-11H2,(H,23,24). The second-order valence-electron chi connectivity index (χ2n) is 5.74. The average Bonchev–Trinajstić information content (AvgIpc) is 3.01. The predicted octanol–water partition coefficient (Wildman–Crippen LogP) is 2.68. The Morgan fingerprint density at radius 3 is 2.68 bits per heavy atom. The third-order valence-electron chi connectivity index (χ3n) is 3.88.